The lowest BCUT2D eigenvalue weighted by atomic mass is 10.2. The van der Waals surface area contributed by atoms with Gasteiger partial charge >= 0.3 is 5.63 Å². The summed E-state index contributed by atoms with van der Waals surface area (Å²) in [6.45, 7) is 1.79. The number of nitrogens with one attached hydrogen (secondary N) is 1. The number of rotatable bonds is 1. The van der Waals surface area contributed by atoms with Crippen molar-refractivity contribution in [1.29, 1.82) is 0 Å². The number of pyridine rings is 1. The molecule has 0 unspecified atom stereocenters. The second-order valence-electron chi connectivity index (χ2n) is 3.16. The fourth-order valence-corrected chi connectivity index (χ4v) is 1.38. The number of hydrogen-bond acceptors (Lipinski definition) is 5. The van der Waals surface area contributed by atoms with Crippen molar-refractivity contribution >= 4 is 16.8 Å². The molecule has 0 atom stereocenters. The molecule has 0 radical (unpaired) electrons. The third-order valence-corrected chi connectivity index (χ3v) is 2.12. The summed E-state index contributed by atoms with van der Waals surface area (Å²) in [7, 11) is 1.54. The predicted molar refractivity (Wildman–Crippen MR) is 56.2 cm³/mol. The normalized spacial score (nSPS) is 10.5. The topological polar surface area (TPSA) is 75.4 Å². The first-order chi connectivity index (χ1) is 7.13. The average molecular weight is 206 g/mol. The molecule has 0 saturated heterocycles. The maximum absolute atomic E-state index is 11.4. The molecule has 0 bridgehead atoms. The van der Waals surface area contributed by atoms with Gasteiger partial charge in [0.2, 0.25) is 0 Å². The lowest BCUT2D eigenvalue weighted by Crippen LogP contribution is -2.07. The minimum absolute atomic E-state index is 0.0283. The van der Waals surface area contributed by atoms with E-state index < -0.39 is 5.63 Å². The highest BCUT2D eigenvalue weighted by molar-refractivity contribution is 5.84. The number of nitrogens with zero attached hydrogens (tertiary/aromatic N) is 1. The van der Waals surface area contributed by atoms with Crippen LogP contribution in [-0.4, -0.2) is 17.1 Å². The molecule has 78 valence electrons. The molecule has 5 nitrogen and oxygen atoms in total. The smallest absolute Gasteiger partial charge is 0.363 e. The molecule has 2 aromatic rings. The van der Waals surface area contributed by atoms with Crippen LogP contribution in [0.5, 0.6) is 5.75 Å². The van der Waals surface area contributed by atoms with Crippen LogP contribution in [0.2, 0.25) is 0 Å². The molecule has 5 heteroatoms. The summed E-state index contributed by atoms with van der Waals surface area (Å²) in [5.74, 6) is -0.174. The zero-order chi connectivity index (χ0) is 11.0. The molecule has 0 spiro atoms. The molecule has 2 aromatic heterocycles. The summed E-state index contributed by atoms with van der Waals surface area (Å²) < 4.78 is 4.98. The monoisotopic (exact) mass is 206 g/mol. The molecular weight excluding hydrogens is 196 g/mol. The van der Waals surface area contributed by atoms with Gasteiger partial charge < -0.3 is 14.8 Å². The number of anilines is 1. The number of hydrogen-bond donors (Lipinski definition) is 2. The van der Waals surface area contributed by atoms with E-state index in [0.717, 1.165) is 5.69 Å². The van der Waals surface area contributed by atoms with Gasteiger partial charge in [-0.2, -0.15) is 0 Å². The van der Waals surface area contributed by atoms with Gasteiger partial charge in [0.25, 0.3) is 0 Å². The first kappa shape index (κ1) is 9.51. The lowest BCUT2D eigenvalue weighted by Gasteiger charge is -2.04. The summed E-state index contributed by atoms with van der Waals surface area (Å²) >= 11 is 0. The zero-order valence-electron chi connectivity index (χ0n) is 8.37. The van der Waals surface area contributed by atoms with Gasteiger partial charge in [-0.3, -0.25) is 0 Å². The summed E-state index contributed by atoms with van der Waals surface area (Å²) in [5.41, 5.74) is 0.739. The van der Waals surface area contributed by atoms with Crippen molar-refractivity contribution in [3.8, 4) is 5.75 Å². The van der Waals surface area contributed by atoms with E-state index in [9.17, 15) is 9.90 Å². The second-order valence-corrected chi connectivity index (χ2v) is 3.16. The third-order valence-electron chi connectivity index (χ3n) is 2.12. The van der Waals surface area contributed by atoms with E-state index in [1.807, 2.05) is 0 Å². The van der Waals surface area contributed by atoms with Gasteiger partial charge in [-0.05, 0) is 19.1 Å². The van der Waals surface area contributed by atoms with Crippen molar-refractivity contribution < 1.29 is 9.52 Å². The maximum Gasteiger partial charge on any atom is 0.363 e. The average Bonchev–Trinajstić information content (AvgIpc) is 2.20. The molecule has 0 saturated carbocycles. The minimum atomic E-state index is -0.604. The summed E-state index contributed by atoms with van der Waals surface area (Å²) in [5, 5.41) is 12.3. The Morgan fingerprint density at radius 1 is 1.47 bits per heavy atom. The lowest BCUT2D eigenvalue weighted by molar-refractivity contribution is 0.469. The van der Waals surface area contributed by atoms with Crippen LogP contribution in [0.4, 0.5) is 5.69 Å². The summed E-state index contributed by atoms with van der Waals surface area (Å²) in [4.78, 5) is 15.5. The Balaban J connectivity index is 2.92. The van der Waals surface area contributed by atoms with Gasteiger partial charge in [0.15, 0.2) is 22.5 Å². The van der Waals surface area contributed by atoms with E-state index in [-0.39, 0.29) is 17.0 Å². The van der Waals surface area contributed by atoms with E-state index in [1.165, 1.54) is 7.05 Å². The van der Waals surface area contributed by atoms with Crippen LogP contribution in [0.15, 0.2) is 21.3 Å². The summed E-state index contributed by atoms with van der Waals surface area (Å²) in [6, 6.07) is 3.32. The van der Waals surface area contributed by atoms with Gasteiger partial charge in [0.05, 0.1) is 0 Å². The van der Waals surface area contributed by atoms with Crippen LogP contribution < -0.4 is 10.9 Å². The minimum Gasteiger partial charge on any atom is -0.504 e. The van der Waals surface area contributed by atoms with Gasteiger partial charge in [-0.1, -0.05) is 0 Å². The van der Waals surface area contributed by atoms with Crippen LogP contribution in [0, 0.1) is 6.92 Å². The Hall–Kier alpha value is -2.04. The van der Waals surface area contributed by atoms with Crippen molar-refractivity contribution in [1.82, 2.24) is 4.98 Å². The molecule has 2 N–H and O–H groups in total. The second kappa shape index (κ2) is 3.27. The predicted octanol–water partition coefficient (Wildman–Crippen LogP) is 1.24. The van der Waals surface area contributed by atoms with Gasteiger partial charge in [-0.25, -0.2) is 9.78 Å². The molecule has 0 amide bonds. The first-order valence-electron chi connectivity index (χ1n) is 4.44. The third kappa shape index (κ3) is 1.41. The van der Waals surface area contributed by atoms with Gasteiger partial charge in [0, 0.05) is 12.7 Å². The number of fused-ring (bicyclic) bond motifs is 1. The van der Waals surface area contributed by atoms with Gasteiger partial charge in [-0.15, -0.1) is 0 Å². The highest BCUT2D eigenvalue weighted by atomic mass is 16.4. The van der Waals surface area contributed by atoms with Crippen LogP contribution in [0.25, 0.3) is 11.1 Å². The largest absolute Gasteiger partial charge is 0.504 e. The van der Waals surface area contributed by atoms with Crippen molar-refractivity contribution in [2.24, 2.45) is 0 Å². The Morgan fingerprint density at radius 2 is 2.20 bits per heavy atom. The van der Waals surface area contributed by atoms with Crippen LogP contribution in [0.3, 0.4) is 0 Å². The number of aromatic hydroxyl groups is 1. The number of aromatic nitrogens is 1. The van der Waals surface area contributed by atoms with Crippen LogP contribution >= 0.6 is 0 Å². The van der Waals surface area contributed by atoms with Gasteiger partial charge in [0.1, 0.15) is 0 Å². The Kier molecular flexibility index (Phi) is 2.07. The molecule has 0 aliphatic rings. The molecule has 0 aromatic carbocycles. The fraction of sp³-hybridized carbons (Fsp3) is 0.200. The van der Waals surface area contributed by atoms with Crippen molar-refractivity contribution in [2.45, 2.75) is 6.92 Å². The molecule has 2 heterocycles. The van der Waals surface area contributed by atoms with E-state index in [1.54, 1.807) is 19.1 Å². The maximum atomic E-state index is 11.4. The quantitative estimate of drug-likeness (QED) is 0.734. The summed E-state index contributed by atoms with van der Waals surface area (Å²) in [6.07, 6.45) is 0. The van der Waals surface area contributed by atoms with E-state index >= 15 is 0 Å². The molecule has 0 aliphatic heterocycles. The Morgan fingerprint density at radius 3 is 2.87 bits per heavy atom. The zero-order valence-corrected chi connectivity index (χ0v) is 8.37. The molecule has 0 fully saturated rings. The van der Waals surface area contributed by atoms with E-state index in [0.29, 0.717) is 5.52 Å². The standard InChI is InChI=1S/C10H10N2O3/c1-5-3-4-6-7(12-5)9(13)8(11-2)10(14)15-6/h3-4,11,13H,1-2H3. The molecule has 2 rings (SSSR count). The SMILES string of the molecule is CNc1c(O)c2nc(C)ccc2oc1=O. The van der Waals surface area contributed by atoms with Crippen molar-refractivity contribution in [3.63, 3.8) is 0 Å². The van der Waals surface area contributed by atoms with Crippen LogP contribution in [0.1, 0.15) is 5.69 Å². The Bertz CT molecular complexity index is 575. The van der Waals surface area contributed by atoms with Crippen molar-refractivity contribution in [3.05, 3.63) is 28.2 Å². The molecular formula is C10H10N2O3. The van der Waals surface area contributed by atoms with E-state index in [2.05, 4.69) is 10.3 Å². The highest BCUT2D eigenvalue weighted by Crippen LogP contribution is 2.27. The fourth-order valence-electron chi connectivity index (χ4n) is 1.38. The van der Waals surface area contributed by atoms with E-state index in [4.69, 9.17) is 4.42 Å². The van der Waals surface area contributed by atoms with Crippen LogP contribution in [-0.2, 0) is 0 Å². The highest BCUT2D eigenvalue weighted by Gasteiger charge is 2.13. The first-order valence-corrected chi connectivity index (χ1v) is 4.44. The molecule has 15 heavy (non-hydrogen) atoms. The molecule has 0 aliphatic carbocycles. The van der Waals surface area contributed by atoms with Crippen molar-refractivity contribution in [2.75, 3.05) is 12.4 Å². The number of aryl methyl sites for hydroxylation is 1. The Labute approximate surface area is 85.4 Å².